The van der Waals surface area contributed by atoms with E-state index in [0.717, 1.165) is 14.2 Å². The number of methoxy groups -OCH3 is 4. The molecule has 0 aromatic heterocycles. The van der Waals surface area contributed by atoms with E-state index >= 15 is 0 Å². The number of hydrogen-bond acceptors (Lipinski definition) is 9. The molecule has 1 spiro atoms. The zero-order valence-corrected chi connectivity index (χ0v) is 20.6. The van der Waals surface area contributed by atoms with Crippen LogP contribution in [-0.2, 0) is 34.1 Å². The summed E-state index contributed by atoms with van der Waals surface area (Å²) in [6.07, 6.45) is -1.40. The van der Waals surface area contributed by atoms with Gasteiger partial charge in [0.1, 0.15) is 11.5 Å². The van der Waals surface area contributed by atoms with Crippen LogP contribution < -0.4 is 9.47 Å². The molecule has 0 N–H and O–H groups in total. The molecule has 9 heteroatoms. The highest BCUT2D eigenvalue weighted by molar-refractivity contribution is 6.20. The van der Waals surface area contributed by atoms with Crippen molar-refractivity contribution in [2.75, 3.05) is 28.4 Å². The van der Waals surface area contributed by atoms with Crippen LogP contribution in [0.4, 0.5) is 0 Å². The average molecular weight is 504 g/mol. The summed E-state index contributed by atoms with van der Waals surface area (Å²) in [7, 11) is 5.13. The van der Waals surface area contributed by atoms with Crippen molar-refractivity contribution >= 4 is 17.7 Å². The molecule has 1 aliphatic heterocycles. The number of rotatable bonds is 5. The van der Waals surface area contributed by atoms with E-state index in [1.165, 1.54) is 14.2 Å². The van der Waals surface area contributed by atoms with E-state index < -0.39 is 35.2 Å². The van der Waals surface area contributed by atoms with Gasteiger partial charge in [0.25, 0.3) is 0 Å². The zero-order valence-electron chi connectivity index (χ0n) is 20.6. The zero-order chi connectivity index (χ0) is 26.4. The molecule has 5 rings (SSSR count). The Kier molecular flexibility index (Phi) is 5.97. The van der Waals surface area contributed by atoms with E-state index in [2.05, 4.69) is 0 Å². The van der Waals surface area contributed by atoms with Gasteiger partial charge in [-0.1, -0.05) is 48.5 Å². The van der Waals surface area contributed by atoms with E-state index in [0.29, 0.717) is 28.2 Å². The Morgan fingerprint density at radius 1 is 0.757 bits per heavy atom. The van der Waals surface area contributed by atoms with E-state index in [4.69, 9.17) is 28.4 Å². The highest BCUT2D eigenvalue weighted by Crippen LogP contribution is 2.59. The van der Waals surface area contributed by atoms with Crippen molar-refractivity contribution in [3.05, 3.63) is 83.4 Å². The summed E-state index contributed by atoms with van der Waals surface area (Å²) < 4.78 is 33.6. The summed E-state index contributed by atoms with van der Waals surface area (Å²) in [5.41, 5.74) is -2.83. The summed E-state index contributed by atoms with van der Waals surface area (Å²) in [5, 5.41) is 0. The molecule has 0 saturated carbocycles. The lowest BCUT2D eigenvalue weighted by molar-refractivity contribution is -0.190. The standard InChI is InChI=1S/C28H24O9/c1-32-16-13-14-20(22(15-16)33-2)24-36-27(28(37-24,25(30)34-3)26(31)35-4)21-12-8-7-10-18(21)17-9-5-6-11-19(17)23(27)29/h5-15,24H,1-4H3/t24-,27+/m1/s1. The minimum absolute atomic E-state index is 0.254. The van der Waals surface area contributed by atoms with Crippen molar-refractivity contribution < 1.29 is 42.8 Å². The summed E-state index contributed by atoms with van der Waals surface area (Å²) in [4.78, 5) is 41.6. The number of Topliss-reactive ketones (excluding diaryl/α,β-unsaturated/α-hetero) is 1. The van der Waals surface area contributed by atoms with Gasteiger partial charge in [-0.15, -0.1) is 0 Å². The van der Waals surface area contributed by atoms with Gasteiger partial charge in [-0.3, -0.25) is 4.79 Å². The van der Waals surface area contributed by atoms with Gasteiger partial charge in [0.15, 0.2) is 6.29 Å². The van der Waals surface area contributed by atoms with E-state index in [1.807, 2.05) is 0 Å². The molecule has 3 aromatic rings. The van der Waals surface area contributed by atoms with Gasteiger partial charge in [0.2, 0.25) is 11.4 Å². The number of carbonyl (C=O) groups excluding carboxylic acids is 3. The fourth-order valence-electron chi connectivity index (χ4n) is 5.13. The van der Waals surface area contributed by atoms with Crippen molar-refractivity contribution in [3.63, 3.8) is 0 Å². The quantitative estimate of drug-likeness (QED) is 0.381. The summed E-state index contributed by atoms with van der Waals surface area (Å²) in [5.74, 6) is -2.14. The number of hydrogen-bond donors (Lipinski definition) is 0. The first-order valence-corrected chi connectivity index (χ1v) is 11.4. The van der Waals surface area contributed by atoms with Crippen LogP contribution in [0, 0.1) is 0 Å². The Morgan fingerprint density at radius 3 is 2.00 bits per heavy atom. The highest BCUT2D eigenvalue weighted by atomic mass is 16.8. The first kappa shape index (κ1) is 24.5. The molecule has 37 heavy (non-hydrogen) atoms. The van der Waals surface area contributed by atoms with Crippen LogP contribution in [0.5, 0.6) is 11.5 Å². The molecule has 0 amide bonds. The van der Waals surface area contributed by atoms with Crippen LogP contribution in [0.3, 0.4) is 0 Å². The van der Waals surface area contributed by atoms with Gasteiger partial charge in [-0.25, -0.2) is 9.59 Å². The molecule has 2 atom stereocenters. The highest BCUT2D eigenvalue weighted by Gasteiger charge is 2.78. The third-order valence-electron chi connectivity index (χ3n) is 6.79. The maximum Gasteiger partial charge on any atom is 0.354 e. The number of benzene rings is 3. The molecule has 9 nitrogen and oxygen atoms in total. The van der Waals surface area contributed by atoms with Crippen molar-refractivity contribution in [2.24, 2.45) is 0 Å². The van der Waals surface area contributed by atoms with Crippen LogP contribution >= 0.6 is 0 Å². The molecule has 1 fully saturated rings. The smallest absolute Gasteiger partial charge is 0.354 e. The number of ether oxygens (including phenoxy) is 6. The third-order valence-corrected chi connectivity index (χ3v) is 6.79. The van der Waals surface area contributed by atoms with E-state index in [9.17, 15) is 14.4 Å². The fraction of sp³-hybridized carbons (Fsp3) is 0.250. The van der Waals surface area contributed by atoms with Gasteiger partial charge in [-0.05, 0) is 23.3 Å². The maximum absolute atomic E-state index is 14.4. The topological polar surface area (TPSA) is 107 Å². The predicted molar refractivity (Wildman–Crippen MR) is 129 cm³/mol. The Bertz CT molecular complexity index is 1400. The monoisotopic (exact) mass is 504 g/mol. The van der Waals surface area contributed by atoms with Crippen LogP contribution in [0.2, 0.25) is 0 Å². The van der Waals surface area contributed by atoms with Gasteiger partial charge in [-0.2, -0.15) is 0 Å². The first-order chi connectivity index (χ1) is 17.9. The molecule has 1 saturated heterocycles. The van der Waals surface area contributed by atoms with Crippen LogP contribution in [0.25, 0.3) is 11.1 Å². The number of carbonyl (C=O) groups is 3. The summed E-state index contributed by atoms with van der Waals surface area (Å²) in [6, 6.07) is 18.6. The molecule has 0 bridgehead atoms. The SMILES string of the molecule is COC(=O)C1(C(=O)OC)O[C@H](c2ccc(OC)cc2OC)O[C@@]12C(=O)c1ccccc1-c1ccccc12. The Morgan fingerprint density at radius 2 is 1.38 bits per heavy atom. The van der Waals surface area contributed by atoms with E-state index in [1.54, 1.807) is 66.7 Å². The van der Waals surface area contributed by atoms with Crippen molar-refractivity contribution in [2.45, 2.75) is 17.5 Å². The largest absolute Gasteiger partial charge is 0.497 e. The first-order valence-electron chi connectivity index (χ1n) is 11.4. The Hall–Kier alpha value is -4.21. The van der Waals surface area contributed by atoms with Crippen LogP contribution in [-0.4, -0.2) is 51.8 Å². The Labute approximate surface area is 212 Å². The van der Waals surface area contributed by atoms with Crippen molar-refractivity contribution in [1.82, 2.24) is 0 Å². The van der Waals surface area contributed by atoms with E-state index in [-0.39, 0.29) is 11.1 Å². The normalized spacial score (nSPS) is 21.1. The third kappa shape index (κ3) is 3.21. The molecule has 0 radical (unpaired) electrons. The second-order valence-corrected chi connectivity index (χ2v) is 8.44. The van der Waals surface area contributed by atoms with Crippen LogP contribution in [0.1, 0.15) is 27.8 Å². The van der Waals surface area contributed by atoms with Gasteiger partial charge >= 0.3 is 17.5 Å². The molecule has 1 heterocycles. The molecule has 3 aromatic carbocycles. The molecular formula is C28H24O9. The van der Waals surface area contributed by atoms with Gasteiger partial charge < -0.3 is 28.4 Å². The average Bonchev–Trinajstić information content (AvgIpc) is 3.32. The number of ketones is 1. The number of esters is 2. The molecular weight excluding hydrogens is 480 g/mol. The second kappa shape index (κ2) is 9.02. The molecule has 2 aliphatic rings. The van der Waals surface area contributed by atoms with Crippen molar-refractivity contribution in [3.8, 4) is 22.6 Å². The molecule has 190 valence electrons. The van der Waals surface area contributed by atoms with Gasteiger partial charge in [0, 0.05) is 17.2 Å². The van der Waals surface area contributed by atoms with Gasteiger partial charge in [0.05, 0.1) is 34.0 Å². The Balaban J connectivity index is 1.84. The summed E-state index contributed by atoms with van der Waals surface area (Å²) in [6.45, 7) is 0. The maximum atomic E-state index is 14.4. The van der Waals surface area contributed by atoms with Crippen LogP contribution in [0.15, 0.2) is 66.7 Å². The second-order valence-electron chi connectivity index (χ2n) is 8.44. The minimum atomic E-state index is -2.63. The lowest BCUT2D eigenvalue weighted by Gasteiger charge is -2.41. The molecule has 0 unspecified atom stereocenters. The molecule has 1 aliphatic carbocycles. The lowest BCUT2D eigenvalue weighted by Crippen LogP contribution is -2.65. The summed E-state index contributed by atoms with van der Waals surface area (Å²) >= 11 is 0. The lowest BCUT2D eigenvalue weighted by atomic mass is 9.66. The van der Waals surface area contributed by atoms with Crippen molar-refractivity contribution in [1.29, 1.82) is 0 Å². The fourth-order valence-corrected chi connectivity index (χ4v) is 5.13. The number of fused-ring (bicyclic) bond motifs is 4. The minimum Gasteiger partial charge on any atom is -0.497 e. The predicted octanol–water partition coefficient (Wildman–Crippen LogP) is 3.59.